The van der Waals surface area contributed by atoms with Crippen LogP contribution in [0.3, 0.4) is 0 Å². The normalized spacial score (nSPS) is 13.0. The van der Waals surface area contributed by atoms with Crippen LogP contribution in [0.4, 0.5) is 0 Å². The van der Waals surface area contributed by atoms with Crippen molar-refractivity contribution in [1.82, 2.24) is 0 Å². The Morgan fingerprint density at radius 2 is 1.92 bits per heavy atom. The van der Waals surface area contributed by atoms with Crippen molar-refractivity contribution in [2.45, 2.75) is 6.10 Å². The minimum Gasteiger partial charge on any atom is -0.479 e. The predicted molar refractivity (Wildman–Crippen MR) is 49.1 cm³/mol. The van der Waals surface area contributed by atoms with Crippen LogP contribution in [0.2, 0.25) is 0 Å². The van der Waals surface area contributed by atoms with Gasteiger partial charge in [-0.3, -0.25) is 0 Å². The third-order valence-electron chi connectivity index (χ3n) is 1.52. The number of aliphatic hydroxyl groups is 1. The number of carboxylic acid groups (broad SMARTS) is 1. The highest BCUT2D eigenvalue weighted by atomic mass is 16.4. The molecule has 3 heteroatoms. The first-order valence-electron chi connectivity index (χ1n) is 3.84. The molecule has 68 valence electrons. The highest BCUT2D eigenvalue weighted by Gasteiger charge is 2.06. The molecule has 0 spiro atoms. The summed E-state index contributed by atoms with van der Waals surface area (Å²) in [6.07, 6.45) is 1.37. The van der Waals surface area contributed by atoms with Crippen LogP contribution in [0.25, 0.3) is 6.08 Å². The summed E-state index contributed by atoms with van der Waals surface area (Å²) in [6.45, 7) is 0. The summed E-state index contributed by atoms with van der Waals surface area (Å²) in [7, 11) is 0. The molecule has 0 aromatic heterocycles. The van der Waals surface area contributed by atoms with Crippen LogP contribution in [0.15, 0.2) is 36.4 Å². The number of carboxylic acids is 1. The monoisotopic (exact) mass is 178 g/mol. The highest BCUT2D eigenvalue weighted by Crippen LogP contribution is 2.01. The van der Waals surface area contributed by atoms with E-state index in [9.17, 15) is 4.79 Å². The van der Waals surface area contributed by atoms with Crippen LogP contribution >= 0.6 is 0 Å². The zero-order valence-electron chi connectivity index (χ0n) is 6.92. The van der Waals surface area contributed by atoms with Crippen LogP contribution in [-0.4, -0.2) is 22.3 Å². The molecule has 0 fully saturated rings. The van der Waals surface area contributed by atoms with Crippen molar-refractivity contribution in [2.24, 2.45) is 0 Å². The first-order chi connectivity index (χ1) is 6.20. The maximum Gasteiger partial charge on any atom is 0.336 e. The number of aliphatic carboxylic acids is 1. The molecule has 13 heavy (non-hydrogen) atoms. The molecule has 0 radical (unpaired) electrons. The first kappa shape index (κ1) is 9.48. The fourth-order valence-electron chi connectivity index (χ4n) is 0.849. The van der Waals surface area contributed by atoms with Gasteiger partial charge in [0, 0.05) is 0 Å². The van der Waals surface area contributed by atoms with Gasteiger partial charge in [0.05, 0.1) is 0 Å². The molecule has 0 bridgehead atoms. The van der Waals surface area contributed by atoms with Gasteiger partial charge in [-0.05, 0) is 11.6 Å². The lowest BCUT2D eigenvalue weighted by Gasteiger charge is -1.96. The van der Waals surface area contributed by atoms with Gasteiger partial charge in [0.1, 0.15) is 0 Å². The molecule has 0 aliphatic carbocycles. The van der Waals surface area contributed by atoms with Crippen LogP contribution in [-0.2, 0) is 4.79 Å². The Morgan fingerprint density at radius 3 is 2.46 bits per heavy atom. The molecular formula is C10H10O3. The molecule has 2 N–H and O–H groups in total. The van der Waals surface area contributed by atoms with Crippen molar-refractivity contribution in [1.29, 1.82) is 0 Å². The minimum absolute atomic E-state index is 0.864. The Labute approximate surface area is 76.0 Å². The van der Waals surface area contributed by atoms with Gasteiger partial charge >= 0.3 is 5.97 Å². The van der Waals surface area contributed by atoms with Crippen molar-refractivity contribution in [3.8, 4) is 0 Å². The summed E-state index contributed by atoms with van der Waals surface area (Å²) in [5.74, 6) is -1.24. The quantitative estimate of drug-likeness (QED) is 0.729. The van der Waals surface area contributed by atoms with Crippen molar-refractivity contribution < 1.29 is 15.0 Å². The van der Waals surface area contributed by atoms with E-state index in [0.29, 0.717) is 0 Å². The molecule has 0 aliphatic heterocycles. The lowest BCUT2D eigenvalue weighted by Crippen LogP contribution is -2.15. The van der Waals surface area contributed by atoms with Crippen molar-refractivity contribution in [2.75, 3.05) is 0 Å². The van der Waals surface area contributed by atoms with Gasteiger partial charge in [-0.15, -0.1) is 0 Å². The van der Waals surface area contributed by atoms with Crippen LogP contribution in [0.1, 0.15) is 5.56 Å². The Balaban J connectivity index is 2.64. The average molecular weight is 178 g/mol. The highest BCUT2D eigenvalue weighted by molar-refractivity contribution is 5.75. The smallest absolute Gasteiger partial charge is 0.336 e. The fourth-order valence-corrected chi connectivity index (χ4v) is 0.849. The number of aliphatic hydroxyl groups excluding tert-OH is 1. The lowest BCUT2D eigenvalue weighted by atomic mass is 10.2. The predicted octanol–water partition coefficient (Wildman–Crippen LogP) is 1.15. The van der Waals surface area contributed by atoms with E-state index in [2.05, 4.69) is 0 Å². The summed E-state index contributed by atoms with van der Waals surface area (Å²) in [5.41, 5.74) is 0.864. The summed E-state index contributed by atoms with van der Waals surface area (Å²) < 4.78 is 0. The van der Waals surface area contributed by atoms with Crippen LogP contribution in [0.5, 0.6) is 0 Å². The number of rotatable bonds is 3. The van der Waals surface area contributed by atoms with Crippen molar-refractivity contribution >= 4 is 12.0 Å². The third kappa shape index (κ3) is 3.09. The second-order valence-electron chi connectivity index (χ2n) is 2.55. The van der Waals surface area contributed by atoms with Gasteiger partial charge in [-0.25, -0.2) is 4.79 Å². The molecule has 1 aromatic carbocycles. The zero-order chi connectivity index (χ0) is 9.68. The van der Waals surface area contributed by atoms with Gasteiger partial charge in [0.25, 0.3) is 0 Å². The molecule has 1 atom stereocenters. The number of hydrogen-bond donors (Lipinski definition) is 2. The molecule has 1 rings (SSSR count). The zero-order valence-corrected chi connectivity index (χ0v) is 6.92. The van der Waals surface area contributed by atoms with E-state index in [1.807, 2.05) is 30.3 Å². The molecule has 0 amide bonds. The fraction of sp³-hybridized carbons (Fsp3) is 0.100. The first-order valence-corrected chi connectivity index (χ1v) is 3.84. The molecule has 0 aliphatic rings. The summed E-state index contributed by atoms with van der Waals surface area (Å²) >= 11 is 0. The molecule has 0 unspecified atom stereocenters. The summed E-state index contributed by atoms with van der Waals surface area (Å²) in [6, 6.07) is 9.20. The van der Waals surface area contributed by atoms with Gasteiger partial charge in [0.2, 0.25) is 0 Å². The molecule has 3 nitrogen and oxygen atoms in total. The molecule has 0 saturated heterocycles. The summed E-state index contributed by atoms with van der Waals surface area (Å²) in [5, 5.41) is 17.3. The topological polar surface area (TPSA) is 57.5 Å². The molecule has 0 heterocycles. The number of hydrogen-bond acceptors (Lipinski definition) is 2. The van der Waals surface area contributed by atoms with Crippen molar-refractivity contribution in [3.05, 3.63) is 42.0 Å². The Morgan fingerprint density at radius 1 is 1.31 bits per heavy atom. The standard InChI is InChI=1S/C10H10O3/c11-9(10(12)13)7-6-8-4-2-1-3-5-8/h1-7,9,11H,(H,12,13)/t9-/m1/s1. The Kier molecular flexibility index (Phi) is 3.23. The van der Waals surface area contributed by atoms with E-state index in [0.717, 1.165) is 5.56 Å². The number of benzene rings is 1. The SMILES string of the molecule is O=C(O)[C@H](O)C=Cc1ccccc1. The molecule has 1 aromatic rings. The van der Waals surface area contributed by atoms with Gasteiger partial charge in [-0.1, -0.05) is 36.4 Å². The second kappa shape index (κ2) is 4.42. The second-order valence-corrected chi connectivity index (χ2v) is 2.55. The van der Waals surface area contributed by atoms with Gasteiger partial charge in [-0.2, -0.15) is 0 Å². The van der Waals surface area contributed by atoms with E-state index in [-0.39, 0.29) is 0 Å². The Hall–Kier alpha value is -1.61. The van der Waals surface area contributed by atoms with E-state index in [4.69, 9.17) is 10.2 Å². The van der Waals surface area contributed by atoms with Crippen molar-refractivity contribution in [3.63, 3.8) is 0 Å². The molecular weight excluding hydrogens is 168 g/mol. The number of carbonyl (C=O) groups is 1. The lowest BCUT2D eigenvalue weighted by molar-refractivity contribution is -0.143. The average Bonchev–Trinajstić information content (AvgIpc) is 2.15. The van der Waals surface area contributed by atoms with Gasteiger partial charge in [0.15, 0.2) is 6.10 Å². The van der Waals surface area contributed by atoms with E-state index in [1.54, 1.807) is 6.08 Å². The van der Waals surface area contributed by atoms with Gasteiger partial charge < -0.3 is 10.2 Å². The Bertz CT molecular complexity index is 303. The van der Waals surface area contributed by atoms with E-state index >= 15 is 0 Å². The van der Waals surface area contributed by atoms with E-state index < -0.39 is 12.1 Å². The molecule has 0 saturated carbocycles. The largest absolute Gasteiger partial charge is 0.479 e. The third-order valence-corrected chi connectivity index (χ3v) is 1.52. The van der Waals surface area contributed by atoms with Crippen LogP contribution in [0, 0.1) is 0 Å². The van der Waals surface area contributed by atoms with Crippen LogP contribution < -0.4 is 0 Å². The minimum atomic E-state index is -1.43. The maximum absolute atomic E-state index is 10.2. The summed E-state index contributed by atoms with van der Waals surface area (Å²) in [4.78, 5) is 10.2. The maximum atomic E-state index is 10.2. The van der Waals surface area contributed by atoms with E-state index in [1.165, 1.54) is 6.08 Å².